The van der Waals surface area contributed by atoms with Crippen molar-refractivity contribution in [1.29, 1.82) is 5.26 Å². The first-order valence-corrected chi connectivity index (χ1v) is 7.04. The monoisotopic (exact) mass is 265 g/mol. The molecular weight excluding hydrogens is 254 g/mol. The molecule has 3 heteroatoms. The van der Waals surface area contributed by atoms with Crippen LogP contribution in [0.4, 0.5) is 0 Å². The van der Waals surface area contributed by atoms with E-state index in [4.69, 9.17) is 5.26 Å². The summed E-state index contributed by atoms with van der Waals surface area (Å²) in [5.41, 5.74) is 3.33. The molecule has 1 aliphatic heterocycles. The number of hydrogen-bond donors (Lipinski definition) is 0. The SMILES string of the molecule is N#CCc1cccc2c1C(=O)c1ccccc1SC2. The maximum absolute atomic E-state index is 12.7. The van der Waals surface area contributed by atoms with E-state index >= 15 is 0 Å². The van der Waals surface area contributed by atoms with Crippen LogP contribution in [0.3, 0.4) is 0 Å². The van der Waals surface area contributed by atoms with Crippen molar-refractivity contribution in [2.45, 2.75) is 17.1 Å². The quantitative estimate of drug-likeness (QED) is 0.791. The fourth-order valence-electron chi connectivity index (χ4n) is 2.37. The summed E-state index contributed by atoms with van der Waals surface area (Å²) in [7, 11) is 0. The summed E-state index contributed by atoms with van der Waals surface area (Å²) in [5.74, 6) is 0.818. The average molecular weight is 265 g/mol. The van der Waals surface area contributed by atoms with Crippen molar-refractivity contribution in [3.63, 3.8) is 0 Å². The molecule has 2 aromatic carbocycles. The van der Waals surface area contributed by atoms with Gasteiger partial charge in [-0.05, 0) is 23.3 Å². The van der Waals surface area contributed by atoms with E-state index in [-0.39, 0.29) is 12.2 Å². The lowest BCUT2D eigenvalue weighted by atomic mass is 9.93. The molecule has 3 rings (SSSR count). The highest BCUT2D eigenvalue weighted by Gasteiger charge is 2.23. The Morgan fingerprint density at radius 2 is 2.00 bits per heavy atom. The van der Waals surface area contributed by atoms with E-state index in [2.05, 4.69) is 6.07 Å². The third-order valence-electron chi connectivity index (χ3n) is 3.25. The zero-order valence-electron chi connectivity index (χ0n) is 10.2. The third kappa shape index (κ3) is 2.05. The summed E-state index contributed by atoms with van der Waals surface area (Å²) in [4.78, 5) is 13.7. The molecule has 0 fully saturated rings. The summed E-state index contributed by atoms with van der Waals surface area (Å²) in [5, 5.41) is 8.91. The number of carbonyl (C=O) groups excluding carboxylic acids is 1. The number of nitrogens with zero attached hydrogens (tertiary/aromatic N) is 1. The second kappa shape index (κ2) is 4.91. The molecule has 0 saturated heterocycles. The second-order valence-electron chi connectivity index (χ2n) is 4.40. The Hall–Kier alpha value is -2.05. The van der Waals surface area contributed by atoms with Gasteiger partial charge >= 0.3 is 0 Å². The van der Waals surface area contributed by atoms with Gasteiger partial charge in [0, 0.05) is 21.8 Å². The van der Waals surface area contributed by atoms with E-state index in [1.807, 2.05) is 42.5 Å². The lowest BCUT2D eigenvalue weighted by molar-refractivity contribution is 0.103. The van der Waals surface area contributed by atoms with Gasteiger partial charge in [0.05, 0.1) is 12.5 Å². The van der Waals surface area contributed by atoms with Gasteiger partial charge in [-0.2, -0.15) is 5.26 Å². The topological polar surface area (TPSA) is 40.9 Å². The van der Waals surface area contributed by atoms with Crippen molar-refractivity contribution in [3.05, 3.63) is 64.7 Å². The van der Waals surface area contributed by atoms with Gasteiger partial charge in [-0.15, -0.1) is 11.8 Å². The van der Waals surface area contributed by atoms with Crippen molar-refractivity contribution >= 4 is 17.5 Å². The lowest BCUT2D eigenvalue weighted by Gasteiger charge is -2.08. The standard InChI is InChI=1S/C16H11NOS/c17-9-8-11-4-3-5-12-10-19-14-7-2-1-6-13(14)16(18)15(11)12/h1-7H,8,10H2. The molecule has 0 radical (unpaired) electrons. The minimum Gasteiger partial charge on any atom is -0.289 e. The van der Waals surface area contributed by atoms with Crippen LogP contribution in [-0.4, -0.2) is 5.78 Å². The molecule has 2 aromatic rings. The predicted molar refractivity (Wildman–Crippen MR) is 75.2 cm³/mol. The van der Waals surface area contributed by atoms with Gasteiger partial charge in [0.2, 0.25) is 0 Å². The van der Waals surface area contributed by atoms with Gasteiger partial charge in [0.25, 0.3) is 0 Å². The van der Waals surface area contributed by atoms with Crippen LogP contribution in [0.15, 0.2) is 47.4 Å². The molecule has 0 aromatic heterocycles. The molecule has 0 bridgehead atoms. The molecule has 0 aliphatic carbocycles. The first-order valence-electron chi connectivity index (χ1n) is 6.05. The highest BCUT2D eigenvalue weighted by molar-refractivity contribution is 7.98. The van der Waals surface area contributed by atoms with Crippen molar-refractivity contribution in [1.82, 2.24) is 0 Å². The highest BCUT2D eigenvalue weighted by atomic mass is 32.2. The third-order valence-corrected chi connectivity index (χ3v) is 4.37. The Kier molecular flexibility index (Phi) is 3.10. The van der Waals surface area contributed by atoms with E-state index in [0.29, 0.717) is 0 Å². The Balaban J connectivity index is 2.22. The molecule has 0 spiro atoms. The first-order chi connectivity index (χ1) is 9.31. The summed E-state index contributed by atoms with van der Waals surface area (Å²) < 4.78 is 0. The Morgan fingerprint density at radius 3 is 2.84 bits per heavy atom. The average Bonchev–Trinajstić information content (AvgIpc) is 2.58. The summed E-state index contributed by atoms with van der Waals surface area (Å²) in [6.07, 6.45) is 0.280. The van der Waals surface area contributed by atoms with E-state index in [1.165, 1.54) is 0 Å². The van der Waals surface area contributed by atoms with Gasteiger partial charge in [-0.3, -0.25) is 4.79 Å². The lowest BCUT2D eigenvalue weighted by Crippen LogP contribution is -2.07. The maximum Gasteiger partial charge on any atom is 0.194 e. The van der Waals surface area contributed by atoms with Crippen molar-refractivity contribution < 1.29 is 4.79 Å². The van der Waals surface area contributed by atoms with Crippen LogP contribution in [0.1, 0.15) is 27.0 Å². The molecule has 1 aliphatic rings. The van der Waals surface area contributed by atoms with Crippen molar-refractivity contribution in [3.8, 4) is 6.07 Å². The molecule has 0 N–H and O–H groups in total. The predicted octanol–water partition coefficient (Wildman–Crippen LogP) is 3.59. The fourth-order valence-corrected chi connectivity index (χ4v) is 3.41. The van der Waals surface area contributed by atoms with Crippen LogP contribution < -0.4 is 0 Å². The largest absolute Gasteiger partial charge is 0.289 e. The van der Waals surface area contributed by atoms with E-state index in [1.54, 1.807) is 11.8 Å². The van der Waals surface area contributed by atoms with Gasteiger partial charge in [-0.1, -0.05) is 30.3 Å². The van der Waals surface area contributed by atoms with E-state index in [9.17, 15) is 4.79 Å². The number of carbonyl (C=O) groups is 1. The normalized spacial score (nSPS) is 13.1. The Labute approximate surface area is 116 Å². The van der Waals surface area contributed by atoms with Gasteiger partial charge in [0.1, 0.15) is 0 Å². The molecule has 0 saturated carbocycles. The van der Waals surface area contributed by atoms with Crippen LogP contribution in [0.2, 0.25) is 0 Å². The smallest absolute Gasteiger partial charge is 0.194 e. The van der Waals surface area contributed by atoms with Gasteiger partial charge < -0.3 is 0 Å². The molecule has 19 heavy (non-hydrogen) atoms. The minimum absolute atomic E-state index is 0.0430. The Bertz CT molecular complexity index is 700. The van der Waals surface area contributed by atoms with Crippen LogP contribution in [-0.2, 0) is 12.2 Å². The number of ketones is 1. The van der Waals surface area contributed by atoms with Crippen LogP contribution in [0.25, 0.3) is 0 Å². The zero-order chi connectivity index (χ0) is 13.2. The first kappa shape index (κ1) is 12.0. The van der Waals surface area contributed by atoms with Crippen molar-refractivity contribution in [2.75, 3.05) is 0 Å². The molecule has 0 unspecified atom stereocenters. The number of hydrogen-bond acceptors (Lipinski definition) is 3. The number of fused-ring (bicyclic) bond motifs is 2. The van der Waals surface area contributed by atoms with Gasteiger partial charge in [0.15, 0.2) is 5.78 Å². The molecule has 2 nitrogen and oxygen atoms in total. The van der Waals surface area contributed by atoms with Crippen LogP contribution in [0, 0.1) is 11.3 Å². The fraction of sp³-hybridized carbons (Fsp3) is 0.125. The highest BCUT2D eigenvalue weighted by Crippen LogP contribution is 2.34. The second-order valence-corrected chi connectivity index (χ2v) is 5.42. The number of rotatable bonds is 1. The number of nitriles is 1. The zero-order valence-corrected chi connectivity index (χ0v) is 11.0. The molecular formula is C16H11NOS. The molecule has 92 valence electrons. The molecule has 0 atom stereocenters. The van der Waals surface area contributed by atoms with Crippen LogP contribution >= 0.6 is 11.8 Å². The molecule has 0 amide bonds. The number of thioether (sulfide) groups is 1. The Morgan fingerprint density at radius 1 is 1.16 bits per heavy atom. The summed E-state index contributed by atoms with van der Waals surface area (Å²) in [6, 6.07) is 15.6. The summed E-state index contributed by atoms with van der Waals surface area (Å²) in [6.45, 7) is 0. The van der Waals surface area contributed by atoms with Gasteiger partial charge in [-0.25, -0.2) is 0 Å². The van der Waals surface area contributed by atoms with Crippen molar-refractivity contribution in [2.24, 2.45) is 0 Å². The van der Waals surface area contributed by atoms with Crippen LogP contribution in [0.5, 0.6) is 0 Å². The minimum atomic E-state index is 0.0430. The van der Waals surface area contributed by atoms with E-state index in [0.717, 1.165) is 32.9 Å². The number of benzene rings is 2. The van der Waals surface area contributed by atoms with E-state index < -0.39 is 0 Å². The molecule has 1 heterocycles. The maximum atomic E-state index is 12.7. The summed E-state index contributed by atoms with van der Waals surface area (Å²) >= 11 is 1.68.